The second-order valence-corrected chi connectivity index (χ2v) is 18.9. The molecule has 0 aromatic heterocycles. The number of rotatable bonds is 9. The quantitative estimate of drug-likeness (QED) is 0.131. The number of benzene rings is 3. The van der Waals surface area contributed by atoms with Gasteiger partial charge in [-0.1, -0.05) is 31.4 Å². The Kier molecular flexibility index (Phi) is 11.4. The van der Waals surface area contributed by atoms with E-state index in [0.717, 1.165) is 38.9 Å². The molecule has 7 heterocycles. The van der Waals surface area contributed by atoms with Gasteiger partial charge in [0.05, 0.1) is 37.6 Å². The van der Waals surface area contributed by atoms with E-state index in [9.17, 15) is 10.1 Å². The summed E-state index contributed by atoms with van der Waals surface area (Å²) in [4.78, 5) is 30.3. The van der Waals surface area contributed by atoms with Crippen LogP contribution in [0.2, 0.25) is 0 Å². The average molecular weight is 895 g/mol. The number of hydrogen-bond donors (Lipinski definition) is 2. The lowest BCUT2D eigenvalue weighted by Gasteiger charge is -2.59. The Labute approximate surface area is 377 Å². The van der Waals surface area contributed by atoms with Gasteiger partial charge in [-0.25, -0.2) is 9.59 Å². The number of carbonyl (C=O) groups excluding carboxylic acids is 2. The van der Waals surface area contributed by atoms with Crippen molar-refractivity contribution in [1.82, 2.24) is 15.5 Å². The van der Waals surface area contributed by atoms with Crippen LogP contribution in [0.3, 0.4) is 0 Å². The van der Waals surface area contributed by atoms with E-state index in [1.807, 2.05) is 13.8 Å². The maximum Gasteiger partial charge on any atom is 0.514 e. The molecular formula is C48H54N4O11S. The lowest BCUT2D eigenvalue weighted by molar-refractivity contribution is -0.155. The summed E-state index contributed by atoms with van der Waals surface area (Å²) in [6.45, 7) is 17.9. The molecular weight excluding hydrogens is 841 g/mol. The number of piperazine rings is 1. The van der Waals surface area contributed by atoms with Crippen LogP contribution < -0.4 is 43.8 Å². The third-order valence-corrected chi connectivity index (χ3v) is 14.4. The van der Waals surface area contributed by atoms with Gasteiger partial charge in [-0.15, -0.1) is 11.8 Å². The van der Waals surface area contributed by atoms with Crippen molar-refractivity contribution in [3.05, 3.63) is 88.0 Å². The van der Waals surface area contributed by atoms with Crippen LogP contribution >= 0.6 is 11.8 Å². The number of fused-ring (bicyclic) bond motifs is 9. The number of ether oxygens (including phenoxy) is 9. The first-order valence-electron chi connectivity index (χ1n) is 21.5. The Balaban J connectivity index is 1.26. The number of esters is 1. The van der Waals surface area contributed by atoms with Gasteiger partial charge in [-0.3, -0.25) is 10.2 Å². The zero-order chi connectivity index (χ0) is 45.2. The Bertz CT molecular complexity index is 2480. The molecule has 7 aliphatic heterocycles. The first-order valence-corrected chi connectivity index (χ1v) is 22.6. The lowest BCUT2D eigenvalue weighted by atomic mass is 9.72. The predicted octanol–water partition coefficient (Wildman–Crippen LogP) is 6.75. The second-order valence-electron chi connectivity index (χ2n) is 17.8. The topological polar surface area (TPSA) is 168 Å². The van der Waals surface area contributed by atoms with Crippen LogP contribution in [0.5, 0.6) is 40.2 Å². The highest BCUT2D eigenvalue weighted by Gasteiger charge is 2.60. The SMILES string of the molecule is C=CCOc1c(OC)c(C)cc2c1C1N[C@H](C2)[C@H](C#N)N2C1[C@@H]1SC[C@]3(NCCc4cc(OC(=O)OC(C)(C)C)c(OC)cc43)C(=O)OC[C@H]2c2c3c(c(C)c(OCC=C)c21)OCO3. The molecule has 2 saturated heterocycles. The molecule has 3 aromatic rings. The van der Waals surface area contributed by atoms with Crippen molar-refractivity contribution in [3.63, 3.8) is 0 Å². The highest BCUT2D eigenvalue weighted by Crippen LogP contribution is 2.63. The molecule has 0 aliphatic carbocycles. The van der Waals surface area contributed by atoms with Crippen LogP contribution in [0.15, 0.2) is 43.5 Å². The lowest BCUT2D eigenvalue weighted by Crippen LogP contribution is -2.69. The highest BCUT2D eigenvalue weighted by molar-refractivity contribution is 7.99. The molecule has 16 heteroatoms. The zero-order valence-corrected chi connectivity index (χ0v) is 38.0. The fourth-order valence-corrected chi connectivity index (χ4v) is 12.2. The van der Waals surface area contributed by atoms with Crippen molar-refractivity contribution in [2.24, 2.45) is 0 Å². The molecule has 2 N–H and O–H groups in total. The van der Waals surface area contributed by atoms with Crippen molar-refractivity contribution < 1.29 is 52.2 Å². The molecule has 10 rings (SSSR count). The maximum atomic E-state index is 15.1. The minimum atomic E-state index is -1.38. The van der Waals surface area contributed by atoms with Crippen molar-refractivity contribution in [2.75, 3.05) is 53.1 Å². The van der Waals surface area contributed by atoms with Crippen LogP contribution in [-0.2, 0) is 32.6 Å². The van der Waals surface area contributed by atoms with Gasteiger partial charge in [0.15, 0.2) is 40.0 Å². The number of thioether (sulfide) groups is 1. The number of hydrogen-bond acceptors (Lipinski definition) is 16. The standard InChI is InChI=1S/C48H54N4O11S/c1-10-14-57-40-25(4)41-43(61-23-60-41)35-31-21-59-45(53)48(28-19-32(55-8)33(18-26(28)12-13-50-48)62-46(54)63-47(5,6)7)22-64-44(36(35)40)38-37-34-27(17-29(51-37)30(20-49)52(31)38)16-24(3)39(56-9)42(34)58-15-11-2/h10-11,16,18-19,29-31,37-38,44,50-51H,1-2,12-15,17,21-23H2,3-9H3/t29-,30+,31+,37?,38?,44-,48-/m1/s1. The molecule has 4 bridgehead atoms. The van der Waals surface area contributed by atoms with Gasteiger partial charge in [0.2, 0.25) is 6.79 Å². The normalized spacial score (nSPS) is 26.2. The zero-order valence-electron chi connectivity index (χ0n) is 37.2. The smallest absolute Gasteiger partial charge is 0.493 e. The Hall–Kier alpha value is -5.60. The van der Waals surface area contributed by atoms with Crippen molar-refractivity contribution in [3.8, 4) is 46.3 Å². The molecule has 0 amide bonds. The van der Waals surface area contributed by atoms with Gasteiger partial charge in [0.1, 0.15) is 37.2 Å². The Morgan fingerprint density at radius 1 is 0.984 bits per heavy atom. The fourth-order valence-electron chi connectivity index (χ4n) is 10.5. The molecule has 1 spiro atoms. The molecule has 2 unspecified atom stereocenters. The number of carbonyl (C=O) groups is 2. The van der Waals surface area contributed by atoms with Gasteiger partial charge in [-0.2, -0.15) is 5.26 Å². The molecule has 0 saturated carbocycles. The number of aryl methyl sites for hydroxylation is 1. The second kappa shape index (κ2) is 16.8. The molecule has 338 valence electrons. The van der Waals surface area contributed by atoms with E-state index in [-0.39, 0.29) is 49.9 Å². The first kappa shape index (κ1) is 43.6. The summed E-state index contributed by atoms with van der Waals surface area (Å²) in [7, 11) is 3.12. The number of methoxy groups -OCH3 is 2. The summed E-state index contributed by atoms with van der Waals surface area (Å²) in [5.74, 6) is 3.09. The number of nitrogens with one attached hydrogen (secondary N) is 2. The van der Waals surface area contributed by atoms with Crippen LogP contribution in [-0.4, -0.2) is 93.9 Å². The molecule has 7 aliphatic rings. The summed E-state index contributed by atoms with van der Waals surface area (Å²) in [5, 5.41) is 18.3. The number of nitrogens with zero attached hydrogens (tertiary/aromatic N) is 2. The van der Waals surface area contributed by atoms with Crippen molar-refractivity contribution in [2.45, 2.75) is 94.1 Å². The fraction of sp³-hybridized carbons (Fsp3) is 0.479. The third-order valence-electron chi connectivity index (χ3n) is 12.9. The summed E-state index contributed by atoms with van der Waals surface area (Å²) >= 11 is 1.57. The predicted molar refractivity (Wildman–Crippen MR) is 237 cm³/mol. The van der Waals surface area contributed by atoms with E-state index in [1.165, 1.54) is 7.11 Å². The Morgan fingerprint density at radius 2 is 1.73 bits per heavy atom. The molecule has 64 heavy (non-hydrogen) atoms. The minimum Gasteiger partial charge on any atom is -0.493 e. The van der Waals surface area contributed by atoms with Crippen LogP contribution in [0.25, 0.3) is 0 Å². The van der Waals surface area contributed by atoms with E-state index in [0.29, 0.717) is 53.7 Å². The van der Waals surface area contributed by atoms with Gasteiger partial charge < -0.3 is 47.9 Å². The largest absolute Gasteiger partial charge is 0.514 e. The van der Waals surface area contributed by atoms with Gasteiger partial charge in [0.25, 0.3) is 0 Å². The van der Waals surface area contributed by atoms with E-state index < -0.39 is 52.7 Å². The van der Waals surface area contributed by atoms with E-state index in [2.05, 4.69) is 40.8 Å². The monoisotopic (exact) mass is 894 g/mol. The van der Waals surface area contributed by atoms with Crippen molar-refractivity contribution >= 4 is 23.9 Å². The van der Waals surface area contributed by atoms with Crippen LogP contribution in [0, 0.1) is 25.2 Å². The maximum absolute atomic E-state index is 15.1. The average Bonchev–Trinajstić information content (AvgIpc) is 3.76. The molecule has 3 aromatic carbocycles. The molecule has 0 radical (unpaired) electrons. The molecule has 7 atom stereocenters. The van der Waals surface area contributed by atoms with E-state index in [1.54, 1.807) is 63.9 Å². The minimum absolute atomic E-state index is 0.00242. The summed E-state index contributed by atoms with van der Waals surface area (Å²) in [5.41, 5.74) is 4.61. The number of nitriles is 1. The third kappa shape index (κ3) is 6.99. The highest BCUT2D eigenvalue weighted by atomic mass is 32.2. The van der Waals surface area contributed by atoms with E-state index >= 15 is 4.79 Å². The van der Waals surface area contributed by atoms with Crippen molar-refractivity contribution in [1.29, 1.82) is 5.26 Å². The molecule has 15 nitrogen and oxygen atoms in total. The first-order chi connectivity index (χ1) is 30.8. The van der Waals surface area contributed by atoms with E-state index in [4.69, 9.17) is 42.6 Å². The van der Waals surface area contributed by atoms with Gasteiger partial charge in [0, 0.05) is 46.6 Å². The Morgan fingerprint density at radius 3 is 2.44 bits per heavy atom. The van der Waals surface area contributed by atoms with Crippen LogP contribution in [0.4, 0.5) is 4.79 Å². The van der Waals surface area contributed by atoms with Gasteiger partial charge in [-0.05, 0) is 81.8 Å². The van der Waals surface area contributed by atoms with Gasteiger partial charge >= 0.3 is 12.1 Å². The summed E-state index contributed by atoms with van der Waals surface area (Å²) in [6, 6.07) is 5.87. The summed E-state index contributed by atoms with van der Waals surface area (Å²) < 4.78 is 55.3. The molecule has 2 fully saturated rings. The summed E-state index contributed by atoms with van der Waals surface area (Å²) in [6.07, 6.45) is 3.62. The van der Waals surface area contributed by atoms with Crippen LogP contribution in [0.1, 0.15) is 82.6 Å².